The van der Waals surface area contributed by atoms with E-state index in [1.807, 2.05) is 4.90 Å². The first-order valence-corrected chi connectivity index (χ1v) is 6.78. The SMILES string of the molecule is CCCc1nsc(N2CCOCC2C(=O)OC)n1. The molecule has 1 unspecified atom stereocenters. The van der Waals surface area contributed by atoms with E-state index in [-0.39, 0.29) is 5.97 Å². The standard InChI is InChI=1S/C11H17N3O3S/c1-3-4-9-12-11(18-13-9)14-5-6-17-7-8(14)10(15)16-2/h8H,3-7H2,1-2H3. The number of carbonyl (C=O) groups is 1. The van der Waals surface area contributed by atoms with Gasteiger partial charge in [0.2, 0.25) is 5.13 Å². The summed E-state index contributed by atoms with van der Waals surface area (Å²) in [6, 6.07) is -0.411. The van der Waals surface area contributed by atoms with Crippen molar-refractivity contribution in [2.24, 2.45) is 0 Å². The molecule has 0 N–H and O–H groups in total. The van der Waals surface area contributed by atoms with Crippen LogP contribution in [0.4, 0.5) is 5.13 Å². The highest BCUT2D eigenvalue weighted by Crippen LogP contribution is 2.23. The molecule has 1 aliphatic rings. The van der Waals surface area contributed by atoms with Crippen LogP contribution in [0.3, 0.4) is 0 Å². The summed E-state index contributed by atoms with van der Waals surface area (Å²) in [5.41, 5.74) is 0. The normalized spacial score (nSPS) is 19.9. The van der Waals surface area contributed by atoms with Crippen molar-refractivity contribution in [1.29, 1.82) is 0 Å². The van der Waals surface area contributed by atoms with Crippen molar-refractivity contribution < 1.29 is 14.3 Å². The second kappa shape index (κ2) is 6.10. The number of morpholine rings is 1. The van der Waals surface area contributed by atoms with E-state index in [0.29, 0.717) is 19.8 Å². The molecule has 1 aromatic heterocycles. The molecule has 2 heterocycles. The van der Waals surface area contributed by atoms with E-state index < -0.39 is 6.04 Å². The van der Waals surface area contributed by atoms with Crippen molar-refractivity contribution in [2.75, 3.05) is 31.8 Å². The lowest BCUT2D eigenvalue weighted by Crippen LogP contribution is -2.50. The van der Waals surface area contributed by atoms with Crippen LogP contribution in [0, 0.1) is 0 Å². The van der Waals surface area contributed by atoms with E-state index in [1.165, 1.54) is 18.6 Å². The van der Waals surface area contributed by atoms with Crippen LogP contribution < -0.4 is 4.90 Å². The highest BCUT2D eigenvalue weighted by molar-refractivity contribution is 7.09. The number of anilines is 1. The molecule has 7 heteroatoms. The average molecular weight is 271 g/mol. The van der Waals surface area contributed by atoms with Crippen LogP contribution in [0.2, 0.25) is 0 Å². The van der Waals surface area contributed by atoms with Gasteiger partial charge in [-0.3, -0.25) is 0 Å². The molecule has 0 spiro atoms. The van der Waals surface area contributed by atoms with Gasteiger partial charge in [0, 0.05) is 24.5 Å². The monoisotopic (exact) mass is 271 g/mol. The van der Waals surface area contributed by atoms with Gasteiger partial charge in [-0.05, 0) is 6.42 Å². The first-order chi connectivity index (χ1) is 8.76. The highest BCUT2D eigenvalue weighted by Gasteiger charge is 2.32. The fourth-order valence-electron chi connectivity index (χ4n) is 1.85. The average Bonchev–Trinajstić information content (AvgIpc) is 2.87. The van der Waals surface area contributed by atoms with E-state index >= 15 is 0 Å². The smallest absolute Gasteiger partial charge is 0.330 e. The molecule has 2 rings (SSSR count). The van der Waals surface area contributed by atoms with Gasteiger partial charge >= 0.3 is 5.97 Å². The van der Waals surface area contributed by atoms with Crippen LogP contribution >= 0.6 is 11.5 Å². The maximum atomic E-state index is 11.7. The first-order valence-electron chi connectivity index (χ1n) is 6.01. The maximum Gasteiger partial charge on any atom is 0.330 e. The van der Waals surface area contributed by atoms with Crippen molar-refractivity contribution in [3.63, 3.8) is 0 Å². The lowest BCUT2D eigenvalue weighted by atomic mass is 10.2. The summed E-state index contributed by atoms with van der Waals surface area (Å²) in [5.74, 6) is 0.551. The fraction of sp³-hybridized carbons (Fsp3) is 0.727. The van der Waals surface area contributed by atoms with E-state index in [9.17, 15) is 4.79 Å². The Morgan fingerprint density at radius 1 is 1.67 bits per heavy atom. The topological polar surface area (TPSA) is 64.6 Å². The predicted molar refractivity (Wildman–Crippen MR) is 67.9 cm³/mol. The molecule has 0 aromatic carbocycles. The summed E-state index contributed by atoms with van der Waals surface area (Å²) >= 11 is 1.33. The summed E-state index contributed by atoms with van der Waals surface area (Å²) in [6.45, 7) is 3.67. The Morgan fingerprint density at radius 3 is 3.22 bits per heavy atom. The molecular formula is C11H17N3O3S. The molecule has 1 saturated heterocycles. The number of carbonyl (C=O) groups excluding carboxylic acids is 1. The molecule has 0 bridgehead atoms. The van der Waals surface area contributed by atoms with Gasteiger partial charge in [0.25, 0.3) is 0 Å². The van der Waals surface area contributed by atoms with Gasteiger partial charge in [0.1, 0.15) is 5.82 Å². The second-order valence-electron chi connectivity index (χ2n) is 4.05. The zero-order valence-electron chi connectivity index (χ0n) is 10.6. The maximum absolute atomic E-state index is 11.7. The predicted octanol–water partition coefficient (Wildman–Crippen LogP) is 0.869. The van der Waals surface area contributed by atoms with Gasteiger partial charge < -0.3 is 14.4 Å². The zero-order chi connectivity index (χ0) is 13.0. The third-order valence-electron chi connectivity index (χ3n) is 2.78. The highest BCUT2D eigenvalue weighted by atomic mass is 32.1. The van der Waals surface area contributed by atoms with Crippen molar-refractivity contribution >= 4 is 22.6 Å². The van der Waals surface area contributed by atoms with E-state index in [0.717, 1.165) is 23.8 Å². The Balaban J connectivity index is 2.14. The first kappa shape index (κ1) is 13.2. The van der Waals surface area contributed by atoms with Gasteiger partial charge in [-0.1, -0.05) is 6.92 Å². The molecule has 0 saturated carbocycles. The second-order valence-corrected chi connectivity index (χ2v) is 4.78. The van der Waals surface area contributed by atoms with Gasteiger partial charge in [-0.15, -0.1) is 0 Å². The molecule has 0 aliphatic carbocycles. The van der Waals surface area contributed by atoms with Gasteiger partial charge in [-0.2, -0.15) is 4.37 Å². The van der Waals surface area contributed by atoms with E-state index in [2.05, 4.69) is 16.3 Å². The number of nitrogens with zero attached hydrogens (tertiary/aromatic N) is 3. The molecule has 0 radical (unpaired) electrons. The van der Waals surface area contributed by atoms with Gasteiger partial charge in [0.05, 0.1) is 20.3 Å². The minimum absolute atomic E-state index is 0.290. The number of hydrogen-bond acceptors (Lipinski definition) is 7. The number of aryl methyl sites for hydroxylation is 1. The third-order valence-corrected chi connectivity index (χ3v) is 3.57. The Labute approximate surface area is 110 Å². The molecule has 1 aliphatic heterocycles. The minimum atomic E-state index is -0.411. The van der Waals surface area contributed by atoms with Gasteiger partial charge in [0.15, 0.2) is 6.04 Å². The molecule has 0 amide bonds. The Morgan fingerprint density at radius 2 is 2.50 bits per heavy atom. The number of methoxy groups -OCH3 is 1. The zero-order valence-corrected chi connectivity index (χ0v) is 11.4. The van der Waals surface area contributed by atoms with Crippen LogP contribution in [0.5, 0.6) is 0 Å². The van der Waals surface area contributed by atoms with Crippen LogP contribution in [0.15, 0.2) is 0 Å². The van der Waals surface area contributed by atoms with E-state index in [1.54, 1.807) is 0 Å². The van der Waals surface area contributed by atoms with Crippen molar-refractivity contribution in [1.82, 2.24) is 9.36 Å². The third kappa shape index (κ3) is 2.78. The number of hydrogen-bond donors (Lipinski definition) is 0. The largest absolute Gasteiger partial charge is 0.467 e. The van der Waals surface area contributed by atoms with Crippen LogP contribution in [0.1, 0.15) is 19.2 Å². The number of aromatic nitrogens is 2. The molecule has 100 valence electrons. The van der Waals surface area contributed by atoms with Crippen molar-refractivity contribution in [2.45, 2.75) is 25.8 Å². The number of esters is 1. The van der Waals surface area contributed by atoms with Crippen LogP contribution in [-0.2, 0) is 20.7 Å². The summed E-state index contributed by atoms with van der Waals surface area (Å²) < 4.78 is 14.4. The molecule has 1 atom stereocenters. The summed E-state index contributed by atoms with van der Waals surface area (Å²) in [6.07, 6.45) is 1.88. The van der Waals surface area contributed by atoms with Crippen LogP contribution in [-0.4, -0.2) is 48.2 Å². The molecule has 1 fully saturated rings. The van der Waals surface area contributed by atoms with Crippen molar-refractivity contribution in [3.8, 4) is 0 Å². The summed E-state index contributed by atoms with van der Waals surface area (Å²) in [5, 5.41) is 0.775. The number of ether oxygens (including phenoxy) is 2. The Kier molecular flexibility index (Phi) is 4.48. The fourth-order valence-corrected chi connectivity index (χ4v) is 2.64. The molecule has 18 heavy (non-hydrogen) atoms. The lowest BCUT2D eigenvalue weighted by molar-refractivity contribution is -0.144. The van der Waals surface area contributed by atoms with Crippen molar-refractivity contribution in [3.05, 3.63) is 5.82 Å². The molecule has 1 aromatic rings. The molecule has 6 nitrogen and oxygen atoms in total. The Hall–Kier alpha value is -1.21. The summed E-state index contributed by atoms with van der Waals surface area (Å²) in [7, 11) is 1.39. The van der Waals surface area contributed by atoms with E-state index in [4.69, 9.17) is 9.47 Å². The van der Waals surface area contributed by atoms with Gasteiger partial charge in [-0.25, -0.2) is 9.78 Å². The lowest BCUT2D eigenvalue weighted by Gasteiger charge is -2.32. The quantitative estimate of drug-likeness (QED) is 0.757. The number of rotatable bonds is 4. The van der Waals surface area contributed by atoms with Crippen LogP contribution in [0.25, 0.3) is 0 Å². The molecular weight excluding hydrogens is 254 g/mol. The Bertz CT molecular complexity index is 410. The summed E-state index contributed by atoms with van der Waals surface area (Å²) in [4.78, 5) is 18.1. The minimum Gasteiger partial charge on any atom is -0.467 e.